The standard InChI is InChI=1S/C14H21BrN2O/c1-3-17-10-12(15)8-13(17)14(18)16(2)9-11-6-4-5-7-11/h8,10-11H,3-7,9H2,1-2H3. The molecule has 1 heterocycles. The van der Waals surface area contributed by atoms with Crippen molar-refractivity contribution in [3.05, 3.63) is 22.4 Å². The van der Waals surface area contributed by atoms with Crippen molar-refractivity contribution in [2.75, 3.05) is 13.6 Å². The Bertz CT molecular complexity index is 421. The number of nitrogens with zero attached hydrogens (tertiary/aromatic N) is 2. The summed E-state index contributed by atoms with van der Waals surface area (Å²) in [5.41, 5.74) is 0.782. The predicted molar refractivity (Wildman–Crippen MR) is 76.7 cm³/mol. The third-order valence-electron chi connectivity index (χ3n) is 3.78. The molecule has 1 aliphatic carbocycles. The first-order valence-corrected chi connectivity index (χ1v) is 7.52. The lowest BCUT2D eigenvalue weighted by Gasteiger charge is -2.21. The summed E-state index contributed by atoms with van der Waals surface area (Å²) in [6.07, 6.45) is 7.16. The number of aromatic nitrogens is 1. The van der Waals surface area contributed by atoms with Crippen LogP contribution in [0, 0.1) is 5.92 Å². The van der Waals surface area contributed by atoms with E-state index in [9.17, 15) is 4.79 Å². The van der Waals surface area contributed by atoms with E-state index in [1.54, 1.807) is 0 Å². The first kappa shape index (κ1) is 13.7. The van der Waals surface area contributed by atoms with E-state index in [2.05, 4.69) is 22.9 Å². The minimum absolute atomic E-state index is 0.134. The first-order valence-electron chi connectivity index (χ1n) is 6.73. The number of aryl methyl sites for hydroxylation is 1. The molecule has 18 heavy (non-hydrogen) atoms. The lowest BCUT2D eigenvalue weighted by Crippen LogP contribution is -2.32. The Balaban J connectivity index is 2.04. The van der Waals surface area contributed by atoms with Gasteiger partial charge in [-0.05, 0) is 47.7 Å². The SMILES string of the molecule is CCn1cc(Br)cc1C(=O)N(C)CC1CCCC1. The van der Waals surface area contributed by atoms with Gasteiger partial charge in [0.1, 0.15) is 5.69 Å². The molecule has 1 aromatic rings. The van der Waals surface area contributed by atoms with Gasteiger partial charge >= 0.3 is 0 Å². The van der Waals surface area contributed by atoms with Crippen LogP contribution in [0.2, 0.25) is 0 Å². The van der Waals surface area contributed by atoms with E-state index < -0.39 is 0 Å². The van der Waals surface area contributed by atoms with Crippen molar-refractivity contribution in [1.29, 1.82) is 0 Å². The maximum absolute atomic E-state index is 12.4. The molecule has 1 saturated carbocycles. The van der Waals surface area contributed by atoms with Gasteiger partial charge in [0.2, 0.25) is 0 Å². The van der Waals surface area contributed by atoms with Gasteiger partial charge in [-0.3, -0.25) is 4.79 Å². The molecule has 1 fully saturated rings. The third kappa shape index (κ3) is 2.97. The van der Waals surface area contributed by atoms with Crippen LogP contribution in [0.4, 0.5) is 0 Å². The molecule has 1 amide bonds. The average molecular weight is 313 g/mol. The molecule has 0 radical (unpaired) electrons. The molecule has 100 valence electrons. The van der Waals surface area contributed by atoms with E-state index in [0.29, 0.717) is 5.92 Å². The lowest BCUT2D eigenvalue weighted by atomic mass is 10.1. The van der Waals surface area contributed by atoms with E-state index >= 15 is 0 Å². The van der Waals surface area contributed by atoms with Crippen LogP contribution in [0.15, 0.2) is 16.7 Å². The topological polar surface area (TPSA) is 25.2 Å². The van der Waals surface area contributed by atoms with Gasteiger partial charge in [0.25, 0.3) is 5.91 Å². The fourth-order valence-corrected chi connectivity index (χ4v) is 3.24. The highest BCUT2D eigenvalue weighted by Gasteiger charge is 2.22. The molecular weight excluding hydrogens is 292 g/mol. The van der Waals surface area contributed by atoms with Gasteiger partial charge in [-0.1, -0.05) is 12.8 Å². The molecule has 3 nitrogen and oxygen atoms in total. The molecule has 0 atom stereocenters. The highest BCUT2D eigenvalue weighted by Crippen LogP contribution is 2.26. The number of hydrogen-bond donors (Lipinski definition) is 0. The van der Waals surface area contributed by atoms with Crippen LogP contribution in [0.1, 0.15) is 43.1 Å². The minimum atomic E-state index is 0.134. The van der Waals surface area contributed by atoms with Gasteiger partial charge in [0.05, 0.1) is 0 Å². The average Bonchev–Trinajstić information content (AvgIpc) is 2.97. The Hall–Kier alpha value is -0.770. The normalized spacial score (nSPS) is 16.2. The van der Waals surface area contributed by atoms with Crippen molar-refractivity contribution in [1.82, 2.24) is 9.47 Å². The van der Waals surface area contributed by atoms with Gasteiger partial charge in [0.15, 0.2) is 0 Å². The molecule has 0 unspecified atom stereocenters. The molecule has 0 spiro atoms. The number of halogens is 1. The van der Waals surface area contributed by atoms with Crippen LogP contribution in [0.5, 0.6) is 0 Å². The van der Waals surface area contributed by atoms with Crippen LogP contribution >= 0.6 is 15.9 Å². The first-order chi connectivity index (χ1) is 8.61. The second kappa shape index (κ2) is 5.91. The van der Waals surface area contributed by atoms with Crippen molar-refractivity contribution >= 4 is 21.8 Å². The predicted octanol–water partition coefficient (Wildman–Crippen LogP) is 3.53. The minimum Gasteiger partial charge on any atom is -0.343 e. The molecule has 0 aromatic carbocycles. The summed E-state index contributed by atoms with van der Waals surface area (Å²) in [7, 11) is 1.92. The molecule has 4 heteroatoms. The second-order valence-corrected chi connectivity index (χ2v) is 6.08. The zero-order valence-corrected chi connectivity index (χ0v) is 12.7. The monoisotopic (exact) mass is 312 g/mol. The zero-order valence-electron chi connectivity index (χ0n) is 11.2. The zero-order chi connectivity index (χ0) is 13.1. The van der Waals surface area contributed by atoms with Gasteiger partial charge in [-0.25, -0.2) is 0 Å². The van der Waals surface area contributed by atoms with E-state index in [0.717, 1.165) is 23.3 Å². The van der Waals surface area contributed by atoms with E-state index in [-0.39, 0.29) is 5.91 Å². The van der Waals surface area contributed by atoms with Gasteiger partial charge in [-0.15, -0.1) is 0 Å². The molecule has 2 rings (SSSR count). The molecule has 0 N–H and O–H groups in total. The van der Waals surface area contributed by atoms with E-state index in [1.807, 2.05) is 28.8 Å². The number of amides is 1. The molecule has 0 bridgehead atoms. The second-order valence-electron chi connectivity index (χ2n) is 5.17. The van der Waals surface area contributed by atoms with E-state index in [1.165, 1.54) is 25.7 Å². The van der Waals surface area contributed by atoms with Crippen LogP contribution in [0.3, 0.4) is 0 Å². The summed E-state index contributed by atoms with van der Waals surface area (Å²) in [6, 6.07) is 1.91. The largest absolute Gasteiger partial charge is 0.343 e. The molecule has 0 aliphatic heterocycles. The van der Waals surface area contributed by atoms with Crippen LogP contribution in [-0.4, -0.2) is 29.0 Å². The van der Waals surface area contributed by atoms with Crippen molar-refractivity contribution in [3.8, 4) is 0 Å². The maximum atomic E-state index is 12.4. The summed E-state index contributed by atoms with van der Waals surface area (Å²) in [5, 5.41) is 0. The van der Waals surface area contributed by atoms with Gasteiger partial charge < -0.3 is 9.47 Å². The fourth-order valence-electron chi connectivity index (χ4n) is 2.77. The van der Waals surface area contributed by atoms with Crippen LogP contribution < -0.4 is 0 Å². The van der Waals surface area contributed by atoms with Gasteiger partial charge in [-0.2, -0.15) is 0 Å². The smallest absolute Gasteiger partial charge is 0.270 e. The molecule has 0 saturated heterocycles. The number of hydrogen-bond acceptors (Lipinski definition) is 1. The molecule has 1 aromatic heterocycles. The highest BCUT2D eigenvalue weighted by atomic mass is 79.9. The Morgan fingerprint density at radius 2 is 2.17 bits per heavy atom. The van der Waals surface area contributed by atoms with Crippen LogP contribution in [-0.2, 0) is 6.54 Å². The summed E-state index contributed by atoms with van der Waals surface area (Å²) in [5.74, 6) is 0.835. The number of rotatable bonds is 4. The third-order valence-corrected chi connectivity index (χ3v) is 4.21. The maximum Gasteiger partial charge on any atom is 0.270 e. The fraction of sp³-hybridized carbons (Fsp3) is 0.643. The summed E-state index contributed by atoms with van der Waals surface area (Å²) in [4.78, 5) is 14.3. The van der Waals surface area contributed by atoms with Crippen molar-refractivity contribution in [3.63, 3.8) is 0 Å². The highest BCUT2D eigenvalue weighted by molar-refractivity contribution is 9.10. The summed E-state index contributed by atoms with van der Waals surface area (Å²) < 4.78 is 2.97. The van der Waals surface area contributed by atoms with Crippen molar-refractivity contribution < 1.29 is 4.79 Å². The summed E-state index contributed by atoms with van der Waals surface area (Å²) in [6.45, 7) is 3.77. The van der Waals surface area contributed by atoms with Crippen molar-refractivity contribution in [2.24, 2.45) is 5.92 Å². The Morgan fingerprint density at radius 3 is 2.78 bits per heavy atom. The molecule has 1 aliphatic rings. The number of carbonyl (C=O) groups is 1. The Labute approximate surface area is 117 Å². The van der Waals surface area contributed by atoms with Crippen LogP contribution in [0.25, 0.3) is 0 Å². The Kier molecular flexibility index (Phi) is 4.49. The van der Waals surface area contributed by atoms with Gasteiger partial charge in [0, 0.05) is 30.8 Å². The Morgan fingerprint density at radius 1 is 1.50 bits per heavy atom. The van der Waals surface area contributed by atoms with E-state index in [4.69, 9.17) is 0 Å². The number of carbonyl (C=O) groups excluding carboxylic acids is 1. The lowest BCUT2D eigenvalue weighted by molar-refractivity contribution is 0.0762. The quantitative estimate of drug-likeness (QED) is 0.835. The summed E-state index contributed by atoms with van der Waals surface area (Å²) >= 11 is 3.44. The van der Waals surface area contributed by atoms with Crippen molar-refractivity contribution in [2.45, 2.75) is 39.2 Å². The molecular formula is C14H21BrN2O.